The first-order chi connectivity index (χ1) is 13.6. The third-order valence-corrected chi connectivity index (χ3v) is 4.64. The Bertz CT molecular complexity index is 865. The molecule has 2 aromatic rings. The van der Waals surface area contributed by atoms with Crippen LogP contribution in [0.2, 0.25) is 0 Å². The number of amides is 2. The summed E-state index contributed by atoms with van der Waals surface area (Å²) < 4.78 is 11.2. The molecule has 28 heavy (non-hydrogen) atoms. The molecule has 2 aromatic carbocycles. The van der Waals surface area contributed by atoms with Gasteiger partial charge in [0.1, 0.15) is 6.04 Å². The van der Waals surface area contributed by atoms with Crippen LogP contribution in [-0.2, 0) is 11.2 Å². The van der Waals surface area contributed by atoms with Crippen molar-refractivity contribution in [3.05, 3.63) is 53.6 Å². The second-order valence-electron chi connectivity index (χ2n) is 6.45. The van der Waals surface area contributed by atoms with Gasteiger partial charge in [0.05, 0.1) is 13.2 Å². The van der Waals surface area contributed by atoms with Gasteiger partial charge in [-0.05, 0) is 50.6 Å². The van der Waals surface area contributed by atoms with E-state index in [2.05, 4.69) is 5.32 Å². The van der Waals surface area contributed by atoms with Crippen LogP contribution in [0.1, 0.15) is 36.7 Å². The number of fused-ring (bicyclic) bond motifs is 1. The minimum Gasteiger partial charge on any atom is -0.490 e. The normalized spacial score (nSPS) is 15.1. The van der Waals surface area contributed by atoms with E-state index in [0.29, 0.717) is 43.2 Å². The van der Waals surface area contributed by atoms with Gasteiger partial charge in [-0.3, -0.25) is 14.5 Å². The zero-order valence-electron chi connectivity index (χ0n) is 16.5. The van der Waals surface area contributed by atoms with E-state index >= 15 is 0 Å². The van der Waals surface area contributed by atoms with Crippen molar-refractivity contribution in [1.29, 1.82) is 0 Å². The molecular formula is C22H26N2O4. The zero-order chi connectivity index (χ0) is 20.1. The Labute approximate surface area is 165 Å². The number of ether oxygens (including phenoxy) is 2. The van der Waals surface area contributed by atoms with Crippen LogP contribution >= 0.6 is 0 Å². The number of anilines is 1. The molecule has 1 aliphatic heterocycles. The Morgan fingerprint density at radius 3 is 2.46 bits per heavy atom. The largest absolute Gasteiger partial charge is 0.490 e. The predicted molar refractivity (Wildman–Crippen MR) is 108 cm³/mol. The lowest BCUT2D eigenvalue weighted by atomic mass is 10.1. The van der Waals surface area contributed by atoms with Gasteiger partial charge < -0.3 is 14.8 Å². The minimum absolute atomic E-state index is 0.150. The standard InChI is InChI=1S/C22H26N2O4/c1-4-23-21(25)18-13-15-9-7-8-10-17(15)24(18)22(26)16-11-12-19(27-5-2)20(14-16)28-6-3/h7-12,14,18H,4-6,13H2,1-3H3,(H,23,25)/t18-/m0/s1. The predicted octanol–water partition coefficient (Wildman–Crippen LogP) is 3.19. The van der Waals surface area contributed by atoms with Crippen LogP contribution in [0.15, 0.2) is 42.5 Å². The number of nitrogens with one attached hydrogen (secondary N) is 1. The van der Waals surface area contributed by atoms with E-state index in [0.717, 1.165) is 11.3 Å². The number of hydrogen-bond donors (Lipinski definition) is 1. The number of para-hydroxylation sites is 1. The SMILES string of the molecule is CCNC(=O)[C@@H]1Cc2ccccc2N1C(=O)c1ccc(OCC)c(OCC)c1. The van der Waals surface area contributed by atoms with Crippen LogP contribution in [-0.4, -0.2) is 37.6 Å². The number of benzene rings is 2. The Morgan fingerprint density at radius 2 is 1.75 bits per heavy atom. The van der Waals surface area contributed by atoms with Gasteiger partial charge >= 0.3 is 0 Å². The minimum atomic E-state index is -0.563. The monoisotopic (exact) mass is 382 g/mol. The van der Waals surface area contributed by atoms with E-state index in [9.17, 15) is 9.59 Å². The zero-order valence-corrected chi connectivity index (χ0v) is 16.5. The summed E-state index contributed by atoms with van der Waals surface area (Å²) in [6.07, 6.45) is 0.503. The highest BCUT2D eigenvalue weighted by atomic mass is 16.5. The van der Waals surface area contributed by atoms with Crippen molar-refractivity contribution in [2.45, 2.75) is 33.2 Å². The van der Waals surface area contributed by atoms with E-state index in [1.807, 2.05) is 45.0 Å². The maximum Gasteiger partial charge on any atom is 0.259 e. The van der Waals surface area contributed by atoms with Crippen molar-refractivity contribution in [2.75, 3.05) is 24.7 Å². The van der Waals surface area contributed by atoms with Crippen LogP contribution in [0.25, 0.3) is 0 Å². The first kappa shape index (κ1) is 19.7. The van der Waals surface area contributed by atoms with Gasteiger partial charge in [0, 0.05) is 24.2 Å². The molecule has 0 aromatic heterocycles. The summed E-state index contributed by atoms with van der Waals surface area (Å²) in [7, 11) is 0. The molecule has 1 atom stereocenters. The Morgan fingerprint density at radius 1 is 1.04 bits per heavy atom. The van der Waals surface area contributed by atoms with Crippen molar-refractivity contribution < 1.29 is 19.1 Å². The molecule has 0 unspecified atom stereocenters. The van der Waals surface area contributed by atoms with Gasteiger partial charge in [0.15, 0.2) is 11.5 Å². The average molecular weight is 382 g/mol. The van der Waals surface area contributed by atoms with Gasteiger partial charge in [-0.25, -0.2) is 0 Å². The Kier molecular flexibility index (Phi) is 6.19. The second kappa shape index (κ2) is 8.78. The molecule has 1 heterocycles. The van der Waals surface area contributed by atoms with Crippen molar-refractivity contribution >= 4 is 17.5 Å². The number of carbonyl (C=O) groups excluding carboxylic acids is 2. The second-order valence-corrected chi connectivity index (χ2v) is 6.45. The summed E-state index contributed by atoms with van der Waals surface area (Å²) in [6, 6.07) is 12.2. The lowest BCUT2D eigenvalue weighted by molar-refractivity contribution is -0.122. The summed E-state index contributed by atoms with van der Waals surface area (Å²) >= 11 is 0. The molecular weight excluding hydrogens is 356 g/mol. The highest BCUT2D eigenvalue weighted by Gasteiger charge is 2.38. The fraction of sp³-hybridized carbons (Fsp3) is 0.364. The van der Waals surface area contributed by atoms with Gasteiger partial charge in [-0.2, -0.15) is 0 Å². The van der Waals surface area contributed by atoms with Crippen LogP contribution in [0, 0.1) is 0 Å². The summed E-state index contributed by atoms with van der Waals surface area (Å²) in [6.45, 7) is 7.13. The van der Waals surface area contributed by atoms with Gasteiger partial charge in [-0.15, -0.1) is 0 Å². The van der Waals surface area contributed by atoms with E-state index in [1.165, 1.54) is 0 Å². The van der Waals surface area contributed by atoms with Crippen molar-refractivity contribution in [1.82, 2.24) is 5.32 Å². The molecule has 0 saturated carbocycles. The summed E-state index contributed by atoms with van der Waals surface area (Å²) in [4.78, 5) is 27.6. The van der Waals surface area contributed by atoms with E-state index < -0.39 is 6.04 Å². The van der Waals surface area contributed by atoms with Crippen LogP contribution < -0.4 is 19.7 Å². The van der Waals surface area contributed by atoms with Gasteiger partial charge in [0.2, 0.25) is 5.91 Å². The molecule has 0 fully saturated rings. The number of hydrogen-bond acceptors (Lipinski definition) is 4. The van der Waals surface area contributed by atoms with Crippen LogP contribution in [0.5, 0.6) is 11.5 Å². The maximum atomic E-state index is 13.4. The molecule has 1 N–H and O–H groups in total. The highest BCUT2D eigenvalue weighted by Crippen LogP contribution is 2.35. The molecule has 6 heteroatoms. The molecule has 3 rings (SSSR count). The number of carbonyl (C=O) groups is 2. The van der Waals surface area contributed by atoms with Crippen molar-refractivity contribution in [3.8, 4) is 11.5 Å². The molecule has 0 aliphatic carbocycles. The molecule has 148 valence electrons. The van der Waals surface area contributed by atoms with Crippen LogP contribution in [0.3, 0.4) is 0 Å². The van der Waals surface area contributed by atoms with Crippen molar-refractivity contribution in [3.63, 3.8) is 0 Å². The summed E-state index contributed by atoms with van der Waals surface area (Å²) in [5, 5.41) is 2.84. The first-order valence-corrected chi connectivity index (χ1v) is 9.69. The third kappa shape index (κ3) is 3.81. The third-order valence-electron chi connectivity index (χ3n) is 4.64. The number of rotatable bonds is 7. The lowest BCUT2D eigenvalue weighted by Gasteiger charge is -2.25. The molecule has 0 saturated heterocycles. The maximum absolute atomic E-state index is 13.4. The van der Waals surface area contributed by atoms with E-state index in [4.69, 9.17) is 9.47 Å². The highest BCUT2D eigenvalue weighted by molar-refractivity contribution is 6.11. The summed E-state index contributed by atoms with van der Waals surface area (Å²) in [5.41, 5.74) is 2.22. The van der Waals surface area contributed by atoms with Gasteiger partial charge in [0.25, 0.3) is 5.91 Å². The molecule has 0 spiro atoms. The number of likely N-dealkylation sites (N-methyl/N-ethyl adjacent to an activating group) is 1. The average Bonchev–Trinajstić information content (AvgIpc) is 3.09. The fourth-order valence-electron chi connectivity index (χ4n) is 3.46. The lowest BCUT2D eigenvalue weighted by Crippen LogP contribution is -2.48. The van der Waals surface area contributed by atoms with Crippen LogP contribution in [0.4, 0.5) is 5.69 Å². The molecule has 6 nitrogen and oxygen atoms in total. The fourth-order valence-corrected chi connectivity index (χ4v) is 3.46. The Hall–Kier alpha value is -3.02. The Balaban J connectivity index is 1.98. The van der Waals surface area contributed by atoms with Crippen molar-refractivity contribution in [2.24, 2.45) is 0 Å². The smallest absolute Gasteiger partial charge is 0.259 e. The molecule has 0 bridgehead atoms. The molecule has 1 aliphatic rings. The quantitative estimate of drug-likeness (QED) is 0.799. The first-order valence-electron chi connectivity index (χ1n) is 9.69. The number of nitrogens with zero attached hydrogens (tertiary/aromatic N) is 1. The topological polar surface area (TPSA) is 67.9 Å². The van der Waals surface area contributed by atoms with Gasteiger partial charge in [-0.1, -0.05) is 18.2 Å². The molecule has 2 amide bonds. The van der Waals surface area contributed by atoms with E-state index in [1.54, 1.807) is 23.1 Å². The van der Waals surface area contributed by atoms with E-state index in [-0.39, 0.29) is 11.8 Å². The summed E-state index contributed by atoms with van der Waals surface area (Å²) in [5.74, 6) is 0.744. The molecule has 0 radical (unpaired) electrons.